The number of aromatic amines is 1. The largest absolute Gasteiger partial charge is 0.358 e. The van der Waals surface area contributed by atoms with E-state index in [4.69, 9.17) is 0 Å². The van der Waals surface area contributed by atoms with Crippen molar-refractivity contribution in [1.29, 1.82) is 0 Å². The van der Waals surface area contributed by atoms with Gasteiger partial charge in [-0.3, -0.25) is 9.69 Å². The van der Waals surface area contributed by atoms with Crippen molar-refractivity contribution in [2.45, 2.75) is 18.9 Å². The van der Waals surface area contributed by atoms with Gasteiger partial charge in [0.1, 0.15) is 5.54 Å². The first-order valence-corrected chi connectivity index (χ1v) is 11.3. The number of nitrogens with zero attached hydrogens (tertiary/aromatic N) is 1. The van der Waals surface area contributed by atoms with Gasteiger partial charge in [-0.25, -0.2) is 0 Å². The highest BCUT2D eigenvalue weighted by Gasteiger charge is 2.53. The third kappa shape index (κ3) is 2.86. The number of H-pyrrole nitrogens is 1. The number of hydrogen-bond acceptors (Lipinski definition) is 1. The number of hydrogen-bond donors (Lipinski definition) is 1. The molecule has 1 amide bonds. The van der Waals surface area contributed by atoms with E-state index in [1.165, 1.54) is 5.56 Å². The van der Waals surface area contributed by atoms with Crippen LogP contribution in [0.15, 0.2) is 109 Å². The Morgan fingerprint density at radius 1 is 0.758 bits per heavy atom. The van der Waals surface area contributed by atoms with Crippen molar-refractivity contribution in [3.63, 3.8) is 0 Å². The Bertz CT molecular complexity index is 1470. The number of fused-ring (bicyclic) bond motifs is 2. The first-order valence-electron chi connectivity index (χ1n) is 11.3. The van der Waals surface area contributed by atoms with Crippen LogP contribution in [0.25, 0.3) is 10.9 Å². The summed E-state index contributed by atoms with van der Waals surface area (Å²) in [7, 11) is 0. The zero-order valence-corrected chi connectivity index (χ0v) is 18.5. The topological polar surface area (TPSA) is 36.1 Å². The van der Waals surface area contributed by atoms with Gasteiger partial charge in [-0.1, -0.05) is 84.9 Å². The second kappa shape index (κ2) is 7.49. The molecule has 0 fully saturated rings. The number of amides is 1. The number of para-hydroxylation sites is 2. The van der Waals surface area contributed by atoms with Gasteiger partial charge in [-0.2, -0.15) is 0 Å². The highest BCUT2D eigenvalue weighted by Crippen LogP contribution is 2.51. The smallest absolute Gasteiger partial charge is 0.259 e. The standard InChI is InChI=1S/C30H24N2O/c1-21-28(25-17-9-11-19-27(25)31-21)30(20-22-12-4-2-5-13-22)26-18-10-8-16-24(26)29(33)32(30)23-14-6-3-7-15-23/h2-19,31H,20H2,1H3. The second-order valence-electron chi connectivity index (χ2n) is 8.71. The number of nitrogens with one attached hydrogen (secondary N) is 1. The molecule has 160 valence electrons. The Kier molecular flexibility index (Phi) is 4.44. The fourth-order valence-corrected chi connectivity index (χ4v) is 5.57. The molecule has 5 aromatic rings. The van der Waals surface area contributed by atoms with Crippen LogP contribution in [0.5, 0.6) is 0 Å². The lowest BCUT2D eigenvalue weighted by Gasteiger charge is -2.40. The van der Waals surface area contributed by atoms with Crippen LogP contribution in [0.3, 0.4) is 0 Å². The molecule has 1 aromatic heterocycles. The summed E-state index contributed by atoms with van der Waals surface area (Å²) in [5.41, 5.74) is 6.55. The average Bonchev–Trinajstić information content (AvgIpc) is 3.32. The van der Waals surface area contributed by atoms with E-state index in [2.05, 4.69) is 66.5 Å². The van der Waals surface area contributed by atoms with Crippen LogP contribution in [-0.2, 0) is 12.0 Å². The van der Waals surface area contributed by atoms with Crippen molar-refractivity contribution < 1.29 is 4.79 Å². The van der Waals surface area contributed by atoms with Gasteiger partial charge >= 0.3 is 0 Å². The molecule has 1 unspecified atom stereocenters. The summed E-state index contributed by atoms with van der Waals surface area (Å²) >= 11 is 0. The minimum Gasteiger partial charge on any atom is -0.358 e. The molecule has 4 aromatic carbocycles. The van der Waals surface area contributed by atoms with Crippen molar-refractivity contribution in [1.82, 2.24) is 4.98 Å². The minimum absolute atomic E-state index is 0.0393. The van der Waals surface area contributed by atoms with Gasteiger partial charge in [0.25, 0.3) is 5.91 Å². The average molecular weight is 429 g/mol. The Balaban J connectivity index is 1.75. The molecule has 0 aliphatic carbocycles. The molecule has 1 aliphatic heterocycles. The normalized spacial score (nSPS) is 17.5. The summed E-state index contributed by atoms with van der Waals surface area (Å²) < 4.78 is 0. The molecule has 6 rings (SSSR count). The number of benzene rings is 4. The second-order valence-corrected chi connectivity index (χ2v) is 8.71. The molecule has 0 spiro atoms. The molecule has 1 aliphatic rings. The van der Waals surface area contributed by atoms with E-state index in [1.807, 2.05) is 59.5 Å². The molecule has 0 saturated carbocycles. The van der Waals surface area contributed by atoms with Crippen LogP contribution in [0.1, 0.15) is 32.7 Å². The van der Waals surface area contributed by atoms with Crippen molar-refractivity contribution >= 4 is 22.5 Å². The molecule has 0 bridgehead atoms. The molecule has 3 nitrogen and oxygen atoms in total. The van der Waals surface area contributed by atoms with E-state index < -0.39 is 5.54 Å². The Morgan fingerprint density at radius 2 is 1.39 bits per heavy atom. The number of carbonyl (C=O) groups excluding carboxylic acids is 1. The molecular weight excluding hydrogens is 404 g/mol. The van der Waals surface area contributed by atoms with Gasteiger partial charge in [-0.05, 0) is 42.3 Å². The molecular formula is C30H24N2O. The summed E-state index contributed by atoms with van der Waals surface area (Å²) in [4.78, 5) is 19.7. The lowest BCUT2D eigenvalue weighted by Crippen LogP contribution is -2.47. The van der Waals surface area contributed by atoms with Crippen LogP contribution in [-0.4, -0.2) is 10.9 Å². The fraction of sp³-hybridized carbons (Fsp3) is 0.100. The highest BCUT2D eigenvalue weighted by molar-refractivity contribution is 6.13. The lowest BCUT2D eigenvalue weighted by molar-refractivity contribution is 0.0982. The maximum Gasteiger partial charge on any atom is 0.259 e. The highest BCUT2D eigenvalue weighted by atomic mass is 16.2. The number of carbonyl (C=O) groups is 1. The van der Waals surface area contributed by atoms with E-state index in [0.717, 1.165) is 39.0 Å². The van der Waals surface area contributed by atoms with E-state index in [1.54, 1.807) is 0 Å². The Morgan fingerprint density at radius 3 is 2.18 bits per heavy atom. The third-order valence-electron chi connectivity index (χ3n) is 6.81. The summed E-state index contributed by atoms with van der Waals surface area (Å²) in [6.45, 7) is 2.12. The predicted molar refractivity (Wildman–Crippen MR) is 134 cm³/mol. The maximum atomic E-state index is 14.1. The minimum atomic E-state index is -0.680. The quantitative estimate of drug-likeness (QED) is 0.343. The summed E-state index contributed by atoms with van der Waals surface area (Å²) in [6.07, 6.45) is 0.675. The molecule has 1 N–H and O–H groups in total. The molecule has 1 atom stereocenters. The summed E-state index contributed by atoms with van der Waals surface area (Å²) in [5, 5.41) is 1.15. The van der Waals surface area contributed by atoms with Crippen molar-refractivity contribution in [2.24, 2.45) is 0 Å². The number of aryl methyl sites for hydroxylation is 1. The Labute approximate surface area is 193 Å². The number of rotatable bonds is 4. The first kappa shape index (κ1) is 19.6. The lowest BCUT2D eigenvalue weighted by atomic mass is 9.76. The van der Waals surface area contributed by atoms with Gasteiger partial charge in [0.05, 0.1) is 0 Å². The zero-order chi connectivity index (χ0) is 22.4. The van der Waals surface area contributed by atoms with Gasteiger partial charge in [0.15, 0.2) is 0 Å². The molecule has 2 heterocycles. The van der Waals surface area contributed by atoms with Crippen molar-refractivity contribution in [3.8, 4) is 0 Å². The molecule has 33 heavy (non-hydrogen) atoms. The fourth-order valence-electron chi connectivity index (χ4n) is 5.57. The van der Waals surface area contributed by atoms with Gasteiger partial charge in [0.2, 0.25) is 0 Å². The monoisotopic (exact) mass is 428 g/mol. The van der Waals surface area contributed by atoms with E-state index in [9.17, 15) is 4.79 Å². The SMILES string of the molecule is Cc1[nH]c2ccccc2c1C1(Cc2ccccc2)c2ccccc2C(=O)N1c1ccccc1. The van der Waals surface area contributed by atoms with E-state index >= 15 is 0 Å². The van der Waals surface area contributed by atoms with Crippen molar-refractivity contribution in [2.75, 3.05) is 4.90 Å². The molecule has 0 radical (unpaired) electrons. The van der Waals surface area contributed by atoms with Crippen LogP contribution in [0.2, 0.25) is 0 Å². The molecule has 3 heteroatoms. The van der Waals surface area contributed by atoms with Gasteiger partial charge in [-0.15, -0.1) is 0 Å². The van der Waals surface area contributed by atoms with Gasteiger partial charge in [0, 0.05) is 39.8 Å². The van der Waals surface area contributed by atoms with Crippen LogP contribution >= 0.6 is 0 Å². The third-order valence-corrected chi connectivity index (χ3v) is 6.81. The maximum absolute atomic E-state index is 14.1. The summed E-state index contributed by atoms with van der Waals surface area (Å²) in [6, 6.07) is 37.0. The van der Waals surface area contributed by atoms with E-state index in [-0.39, 0.29) is 5.91 Å². The number of anilines is 1. The van der Waals surface area contributed by atoms with Crippen LogP contribution < -0.4 is 4.90 Å². The molecule has 0 saturated heterocycles. The number of aromatic nitrogens is 1. The van der Waals surface area contributed by atoms with Gasteiger partial charge < -0.3 is 4.98 Å². The van der Waals surface area contributed by atoms with E-state index in [0.29, 0.717) is 6.42 Å². The van der Waals surface area contributed by atoms with Crippen LogP contribution in [0.4, 0.5) is 5.69 Å². The zero-order valence-electron chi connectivity index (χ0n) is 18.5. The first-order chi connectivity index (χ1) is 16.2. The summed E-state index contributed by atoms with van der Waals surface area (Å²) in [5.74, 6) is 0.0393. The predicted octanol–water partition coefficient (Wildman–Crippen LogP) is 6.62. The van der Waals surface area contributed by atoms with Crippen LogP contribution in [0, 0.1) is 6.92 Å². The van der Waals surface area contributed by atoms with Crippen molar-refractivity contribution in [3.05, 3.63) is 137 Å². The Hall–Kier alpha value is -4.11.